The molecule has 1 atom stereocenters. The Morgan fingerprint density at radius 1 is 1.19 bits per heavy atom. The Labute approximate surface area is 151 Å². The van der Waals surface area contributed by atoms with Crippen LogP contribution < -0.4 is 10.6 Å². The van der Waals surface area contributed by atoms with Gasteiger partial charge in [0.1, 0.15) is 11.6 Å². The molecule has 0 aromatic heterocycles. The lowest BCUT2D eigenvalue weighted by atomic mass is 10.2. The van der Waals surface area contributed by atoms with E-state index < -0.39 is 11.6 Å². The molecule has 2 fully saturated rings. The zero-order valence-corrected chi connectivity index (χ0v) is 14.8. The molecule has 1 aromatic carbocycles. The van der Waals surface area contributed by atoms with Gasteiger partial charge in [0, 0.05) is 38.3 Å². The lowest BCUT2D eigenvalue weighted by Crippen LogP contribution is -2.55. The molecule has 1 unspecified atom stereocenters. The van der Waals surface area contributed by atoms with E-state index in [1.54, 1.807) is 0 Å². The minimum Gasteiger partial charge on any atom is -0.352 e. The summed E-state index contributed by atoms with van der Waals surface area (Å²) in [6.07, 6.45) is 2.13. The highest BCUT2D eigenvalue weighted by molar-refractivity contribution is 5.92. The first-order valence-electron chi connectivity index (χ1n) is 8.94. The summed E-state index contributed by atoms with van der Waals surface area (Å²) in [5, 5.41) is 5.41. The van der Waals surface area contributed by atoms with Gasteiger partial charge in [-0.15, -0.1) is 0 Å². The Hall–Kier alpha value is -2.06. The summed E-state index contributed by atoms with van der Waals surface area (Å²) in [5.41, 5.74) is -0.154. The Balaban J connectivity index is 1.43. The predicted molar refractivity (Wildman–Crippen MR) is 93.6 cm³/mol. The van der Waals surface area contributed by atoms with E-state index in [1.807, 2.05) is 11.8 Å². The number of halogens is 2. The van der Waals surface area contributed by atoms with E-state index in [9.17, 15) is 18.4 Å². The van der Waals surface area contributed by atoms with Gasteiger partial charge in [0.2, 0.25) is 11.8 Å². The number of hydrogen-bond donors (Lipinski definition) is 2. The molecule has 3 rings (SSSR count). The van der Waals surface area contributed by atoms with Crippen molar-refractivity contribution < 1.29 is 18.4 Å². The van der Waals surface area contributed by atoms with Crippen LogP contribution in [0.1, 0.15) is 19.8 Å². The highest BCUT2D eigenvalue weighted by Gasteiger charge is 2.30. The van der Waals surface area contributed by atoms with Gasteiger partial charge in [-0.25, -0.2) is 8.78 Å². The Kier molecular flexibility index (Phi) is 5.83. The topological polar surface area (TPSA) is 64.7 Å². The average Bonchev–Trinajstić information content (AvgIpc) is 3.42. The lowest BCUT2D eigenvalue weighted by molar-refractivity contribution is -0.127. The van der Waals surface area contributed by atoms with Crippen molar-refractivity contribution in [3.8, 4) is 0 Å². The van der Waals surface area contributed by atoms with Crippen molar-refractivity contribution in [1.82, 2.24) is 15.1 Å². The maximum absolute atomic E-state index is 13.6. The summed E-state index contributed by atoms with van der Waals surface area (Å²) in [6, 6.07) is 3.11. The van der Waals surface area contributed by atoms with Crippen molar-refractivity contribution in [3.63, 3.8) is 0 Å². The number of hydrogen-bond acceptors (Lipinski definition) is 4. The minimum absolute atomic E-state index is 0.0558. The van der Waals surface area contributed by atoms with E-state index in [-0.39, 0.29) is 30.1 Å². The Bertz CT molecular complexity index is 673. The largest absolute Gasteiger partial charge is 0.352 e. The van der Waals surface area contributed by atoms with Crippen LogP contribution in [-0.2, 0) is 9.59 Å². The molecule has 1 saturated heterocycles. The smallest absolute Gasteiger partial charge is 0.238 e. The van der Waals surface area contributed by atoms with E-state index in [4.69, 9.17) is 0 Å². The van der Waals surface area contributed by atoms with Crippen LogP contribution in [0.25, 0.3) is 0 Å². The molecule has 0 spiro atoms. The fraction of sp³-hybridized carbons (Fsp3) is 0.556. The van der Waals surface area contributed by atoms with Crippen molar-refractivity contribution in [2.24, 2.45) is 0 Å². The molecule has 142 valence electrons. The molecule has 2 aliphatic rings. The number of carbonyl (C=O) groups is 2. The van der Waals surface area contributed by atoms with Crippen molar-refractivity contribution in [3.05, 3.63) is 29.8 Å². The maximum atomic E-state index is 13.6. The monoisotopic (exact) mass is 366 g/mol. The van der Waals surface area contributed by atoms with E-state index in [2.05, 4.69) is 15.5 Å². The van der Waals surface area contributed by atoms with Crippen LogP contribution >= 0.6 is 0 Å². The summed E-state index contributed by atoms with van der Waals surface area (Å²) in [5.74, 6) is -1.60. The molecule has 26 heavy (non-hydrogen) atoms. The number of piperazine rings is 1. The third kappa shape index (κ3) is 4.98. The number of nitrogens with one attached hydrogen (secondary N) is 2. The predicted octanol–water partition coefficient (Wildman–Crippen LogP) is 1.19. The van der Waals surface area contributed by atoms with Crippen LogP contribution in [0, 0.1) is 11.6 Å². The second-order valence-corrected chi connectivity index (χ2v) is 6.94. The number of rotatable bonds is 6. The fourth-order valence-corrected chi connectivity index (χ4v) is 3.01. The first kappa shape index (κ1) is 18.7. The van der Waals surface area contributed by atoms with E-state index in [0.717, 1.165) is 31.0 Å². The fourth-order valence-electron chi connectivity index (χ4n) is 3.01. The van der Waals surface area contributed by atoms with E-state index >= 15 is 0 Å². The minimum atomic E-state index is -0.667. The van der Waals surface area contributed by atoms with Crippen LogP contribution in [0.3, 0.4) is 0 Å². The van der Waals surface area contributed by atoms with Crippen LogP contribution in [0.5, 0.6) is 0 Å². The second kappa shape index (κ2) is 8.09. The van der Waals surface area contributed by atoms with Gasteiger partial charge in [0.15, 0.2) is 0 Å². The van der Waals surface area contributed by atoms with Gasteiger partial charge < -0.3 is 10.6 Å². The Morgan fingerprint density at radius 2 is 1.88 bits per heavy atom. The van der Waals surface area contributed by atoms with Gasteiger partial charge in [0.25, 0.3) is 0 Å². The maximum Gasteiger partial charge on any atom is 0.238 e. The van der Waals surface area contributed by atoms with Crippen LogP contribution in [0.2, 0.25) is 0 Å². The van der Waals surface area contributed by atoms with Crippen LogP contribution in [0.15, 0.2) is 18.2 Å². The Morgan fingerprint density at radius 3 is 2.54 bits per heavy atom. The standard InChI is InChI=1S/C18H24F2N4O2/c1-12(18(26)21-14-3-4-14)24-8-6-23(7-9-24)11-17(25)22-16-10-13(19)2-5-15(16)20/h2,5,10,12,14H,3-4,6-9,11H2,1H3,(H,21,26)(H,22,25). The molecular formula is C18H24F2N4O2. The molecule has 1 saturated carbocycles. The third-order valence-electron chi connectivity index (χ3n) is 4.83. The number of anilines is 1. The van der Waals surface area contributed by atoms with Crippen LogP contribution in [-0.4, -0.2) is 66.4 Å². The average molecular weight is 366 g/mol. The zero-order chi connectivity index (χ0) is 18.7. The molecule has 0 radical (unpaired) electrons. The second-order valence-electron chi connectivity index (χ2n) is 6.94. The highest BCUT2D eigenvalue weighted by atomic mass is 19.1. The third-order valence-corrected chi connectivity index (χ3v) is 4.83. The SMILES string of the molecule is CC(C(=O)NC1CC1)N1CCN(CC(=O)Nc2cc(F)ccc2F)CC1. The number of benzene rings is 1. The van der Waals surface area contributed by atoms with Gasteiger partial charge in [-0.3, -0.25) is 19.4 Å². The lowest BCUT2D eigenvalue weighted by Gasteiger charge is -2.37. The molecule has 0 bridgehead atoms. The van der Waals surface area contributed by atoms with Gasteiger partial charge in [-0.2, -0.15) is 0 Å². The quantitative estimate of drug-likeness (QED) is 0.794. The molecule has 1 aromatic rings. The molecule has 1 heterocycles. The van der Waals surface area contributed by atoms with Gasteiger partial charge in [-0.05, 0) is 31.9 Å². The van der Waals surface area contributed by atoms with E-state index in [0.29, 0.717) is 32.2 Å². The van der Waals surface area contributed by atoms with Crippen molar-refractivity contribution in [1.29, 1.82) is 0 Å². The highest BCUT2D eigenvalue weighted by Crippen LogP contribution is 2.19. The van der Waals surface area contributed by atoms with Gasteiger partial charge in [0.05, 0.1) is 18.3 Å². The van der Waals surface area contributed by atoms with Crippen LogP contribution in [0.4, 0.5) is 14.5 Å². The number of nitrogens with zero attached hydrogens (tertiary/aromatic N) is 2. The number of amides is 2. The van der Waals surface area contributed by atoms with Crippen molar-refractivity contribution in [2.75, 3.05) is 38.0 Å². The zero-order valence-electron chi connectivity index (χ0n) is 14.8. The van der Waals surface area contributed by atoms with E-state index in [1.165, 1.54) is 0 Å². The molecule has 1 aliphatic carbocycles. The molecule has 8 heteroatoms. The summed E-state index contributed by atoms with van der Waals surface area (Å²) in [6.45, 7) is 4.64. The summed E-state index contributed by atoms with van der Waals surface area (Å²) in [4.78, 5) is 28.2. The molecule has 1 aliphatic heterocycles. The number of carbonyl (C=O) groups excluding carboxylic acids is 2. The summed E-state index contributed by atoms with van der Waals surface area (Å²) >= 11 is 0. The molecular weight excluding hydrogens is 342 g/mol. The normalized spacial score (nSPS) is 19.8. The molecule has 6 nitrogen and oxygen atoms in total. The molecule has 2 amide bonds. The first-order valence-corrected chi connectivity index (χ1v) is 8.94. The van der Waals surface area contributed by atoms with Gasteiger partial charge >= 0.3 is 0 Å². The van der Waals surface area contributed by atoms with Crippen molar-refractivity contribution >= 4 is 17.5 Å². The first-order chi connectivity index (χ1) is 12.4. The summed E-state index contributed by atoms with van der Waals surface area (Å²) in [7, 11) is 0. The molecule has 2 N–H and O–H groups in total. The summed E-state index contributed by atoms with van der Waals surface area (Å²) < 4.78 is 26.7. The van der Waals surface area contributed by atoms with Gasteiger partial charge in [-0.1, -0.05) is 0 Å². The van der Waals surface area contributed by atoms with Crippen molar-refractivity contribution in [2.45, 2.75) is 31.8 Å².